The van der Waals surface area contributed by atoms with Gasteiger partial charge in [-0.2, -0.15) is 0 Å². The van der Waals surface area contributed by atoms with E-state index in [-0.39, 0.29) is 0 Å². The van der Waals surface area contributed by atoms with Crippen LogP contribution in [0.1, 0.15) is 13.8 Å². The summed E-state index contributed by atoms with van der Waals surface area (Å²) in [6, 6.07) is 11.3. The van der Waals surface area contributed by atoms with Gasteiger partial charge in [0.2, 0.25) is 0 Å². The molecule has 0 saturated carbocycles. The third kappa shape index (κ3) is 3.85. The number of aliphatic hydroxyl groups excluding tert-OH is 2. The molecule has 0 aliphatic rings. The summed E-state index contributed by atoms with van der Waals surface area (Å²) in [5, 5.41) is 22.4. The second-order valence-corrected chi connectivity index (χ2v) is 7.04. The lowest BCUT2D eigenvalue weighted by atomic mass is 10.1. The molecule has 0 aliphatic heterocycles. The van der Waals surface area contributed by atoms with E-state index in [2.05, 4.69) is 0 Å². The highest BCUT2D eigenvalue weighted by atomic mass is 35.5. The minimum Gasteiger partial charge on any atom is -0.497 e. The lowest BCUT2D eigenvalue weighted by Gasteiger charge is -2.30. The van der Waals surface area contributed by atoms with Crippen LogP contribution in [0.5, 0.6) is 5.75 Å². The zero-order chi connectivity index (χ0) is 18.8. The Labute approximate surface area is 157 Å². The monoisotopic (exact) mass is 374 g/mol. The van der Waals surface area contributed by atoms with Crippen LogP contribution in [0, 0.1) is 0 Å². The van der Waals surface area contributed by atoms with Gasteiger partial charge in [-0.05, 0) is 50.2 Å². The van der Waals surface area contributed by atoms with Crippen molar-refractivity contribution >= 4 is 39.1 Å². The van der Waals surface area contributed by atoms with Crippen molar-refractivity contribution in [3.05, 3.63) is 41.4 Å². The van der Waals surface area contributed by atoms with Gasteiger partial charge in [-0.15, -0.1) is 0 Å². The molecule has 2 atom stereocenters. The van der Waals surface area contributed by atoms with E-state index in [0.29, 0.717) is 18.1 Å². The number of fused-ring (bicyclic) bond motifs is 2. The normalized spacial score (nSPS) is 13.8. The first-order valence-corrected chi connectivity index (χ1v) is 8.95. The third-order valence-electron chi connectivity index (χ3n) is 4.20. The number of anilines is 1. The molecule has 2 unspecified atom stereocenters. The smallest absolute Gasteiger partial charge is 0.119 e. The Balaban J connectivity index is 2.35. The number of hydrogen-bond donors (Lipinski definition) is 2. The fourth-order valence-electron chi connectivity index (χ4n) is 3.24. The number of hydrogen-bond acceptors (Lipinski definition) is 5. The molecule has 138 valence electrons. The topological polar surface area (TPSA) is 65.8 Å². The largest absolute Gasteiger partial charge is 0.497 e. The van der Waals surface area contributed by atoms with E-state index in [1.54, 1.807) is 21.0 Å². The second-order valence-electron chi connectivity index (χ2n) is 6.61. The first kappa shape index (κ1) is 18.7. The van der Waals surface area contributed by atoms with Gasteiger partial charge in [0.25, 0.3) is 0 Å². The number of methoxy groups -OCH3 is 1. The van der Waals surface area contributed by atoms with E-state index in [4.69, 9.17) is 21.3 Å². The highest BCUT2D eigenvalue weighted by Crippen LogP contribution is 2.36. The van der Waals surface area contributed by atoms with Crippen LogP contribution < -0.4 is 9.64 Å². The average molecular weight is 375 g/mol. The number of rotatable bonds is 6. The van der Waals surface area contributed by atoms with Crippen LogP contribution in [0.4, 0.5) is 5.69 Å². The number of ether oxygens (including phenoxy) is 1. The van der Waals surface area contributed by atoms with Gasteiger partial charge in [0, 0.05) is 28.9 Å². The minimum atomic E-state index is -0.551. The molecule has 1 aromatic heterocycles. The molecule has 0 bridgehead atoms. The van der Waals surface area contributed by atoms with Gasteiger partial charge in [-0.3, -0.25) is 0 Å². The molecule has 2 N–H and O–H groups in total. The summed E-state index contributed by atoms with van der Waals surface area (Å²) in [5.41, 5.74) is 2.48. The Kier molecular flexibility index (Phi) is 5.51. The summed E-state index contributed by atoms with van der Waals surface area (Å²) in [4.78, 5) is 6.72. The molecule has 6 heteroatoms. The van der Waals surface area contributed by atoms with Crippen LogP contribution in [-0.4, -0.2) is 47.6 Å². The van der Waals surface area contributed by atoms with E-state index >= 15 is 0 Å². The van der Waals surface area contributed by atoms with E-state index < -0.39 is 12.2 Å². The fraction of sp³-hybridized carbons (Fsp3) is 0.350. The van der Waals surface area contributed by atoms with Gasteiger partial charge in [0.1, 0.15) is 5.75 Å². The predicted molar refractivity (Wildman–Crippen MR) is 106 cm³/mol. The van der Waals surface area contributed by atoms with Crippen molar-refractivity contribution in [1.29, 1.82) is 0 Å². The van der Waals surface area contributed by atoms with Crippen LogP contribution >= 0.6 is 11.6 Å². The molecule has 3 aromatic rings. The summed E-state index contributed by atoms with van der Waals surface area (Å²) in [6.45, 7) is 4.24. The van der Waals surface area contributed by atoms with Crippen molar-refractivity contribution in [2.24, 2.45) is 0 Å². The zero-order valence-corrected chi connectivity index (χ0v) is 15.9. The number of pyridine rings is 1. The van der Waals surface area contributed by atoms with Crippen molar-refractivity contribution in [1.82, 2.24) is 4.98 Å². The first-order valence-electron chi connectivity index (χ1n) is 8.57. The zero-order valence-electron chi connectivity index (χ0n) is 15.1. The molecule has 0 saturated heterocycles. The molecule has 0 spiro atoms. The molecule has 5 nitrogen and oxygen atoms in total. The van der Waals surface area contributed by atoms with Crippen LogP contribution in [0.25, 0.3) is 21.8 Å². The molecule has 0 amide bonds. The number of benzene rings is 2. The van der Waals surface area contributed by atoms with Crippen molar-refractivity contribution in [3.8, 4) is 5.75 Å². The number of halogens is 1. The molecule has 1 heterocycles. The van der Waals surface area contributed by atoms with Crippen LogP contribution in [-0.2, 0) is 0 Å². The van der Waals surface area contributed by atoms with Gasteiger partial charge in [0.05, 0.1) is 36.0 Å². The van der Waals surface area contributed by atoms with Crippen molar-refractivity contribution in [2.45, 2.75) is 26.1 Å². The van der Waals surface area contributed by atoms with Crippen molar-refractivity contribution in [3.63, 3.8) is 0 Å². The van der Waals surface area contributed by atoms with Crippen LogP contribution in [0.3, 0.4) is 0 Å². The Bertz CT molecular complexity index is 918. The Hall–Kier alpha value is -2.08. The highest BCUT2D eigenvalue weighted by molar-refractivity contribution is 6.31. The lowest BCUT2D eigenvalue weighted by Crippen LogP contribution is -2.36. The van der Waals surface area contributed by atoms with Crippen LogP contribution in [0.15, 0.2) is 36.4 Å². The van der Waals surface area contributed by atoms with Gasteiger partial charge in [-0.1, -0.05) is 11.6 Å². The highest BCUT2D eigenvalue weighted by Gasteiger charge is 2.19. The Morgan fingerprint density at radius 1 is 1.00 bits per heavy atom. The van der Waals surface area contributed by atoms with E-state index in [1.807, 2.05) is 41.3 Å². The lowest BCUT2D eigenvalue weighted by molar-refractivity contribution is 0.178. The summed E-state index contributed by atoms with van der Waals surface area (Å²) in [5.74, 6) is 0.725. The van der Waals surface area contributed by atoms with Gasteiger partial charge < -0.3 is 19.8 Å². The number of aromatic nitrogens is 1. The first-order chi connectivity index (χ1) is 12.4. The molecule has 0 radical (unpaired) electrons. The van der Waals surface area contributed by atoms with Crippen molar-refractivity contribution < 1.29 is 14.9 Å². The molecule has 2 aromatic carbocycles. The standard InChI is InChI=1S/C20H23ClN2O3/c1-12(24)10-23(11-13(2)25)20-16-6-4-14(21)8-19(16)22-18-7-5-15(26-3)9-17(18)20/h4-9,12-13,24-25H,10-11H2,1-3H3. The van der Waals surface area contributed by atoms with E-state index in [0.717, 1.165) is 33.2 Å². The summed E-state index contributed by atoms with van der Waals surface area (Å²) >= 11 is 6.16. The predicted octanol–water partition coefficient (Wildman–Crippen LogP) is 3.62. The molecule has 3 rings (SSSR count). The maximum absolute atomic E-state index is 10.0. The SMILES string of the molecule is COc1ccc2nc3cc(Cl)ccc3c(N(CC(C)O)CC(C)O)c2c1. The molecular formula is C20H23ClN2O3. The molecular weight excluding hydrogens is 352 g/mol. The van der Waals surface area contributed by atoms with Gasteiger partial charge >= 0.3 is 0 Å². The maximum atomic E-state index is 10.0. The Morgan fingerprint density at radius 3 is 2.31 bits per heavy atom. The maximum Gasteiger partial charge on any atom is 0.119 e. The van der Waals surface area contributed by atoms with E-state index in [1.165, 1.54) is 0 Å². The second kappa shape index (κ2) is 7.66. The molecule has 0 aliphatic carbocycles. The third-order valence-corrected chi connectivity index (χ3v) is 4.44. The molecule has 26 heavy (non-hydrogen) atoms. The average Bonchev–Trinajstić information content (AvgIpc) is 2.57. The van der Waals surface area contributed by atoms with Crippen LogP contribution in [0.2, 0.25) is 5.02 Å². The van der Waals surface area contributed by atoms with Crippen molar-refractivity contribution in [2.75, 3.05) is 25.1 Å². The summed E-state index contributed by atoms with van der Waals surface area (Å²) < 4.78 is 5.38. The number of nitrogens with zero attached hydrogens (tertiary/aromatic N) is 2. The van der Waals surface area contributed by atoms with Gasteiger partial charge in [-0.25, -0.2) is 4.98 Å². The molecule has 0 fully saturated rings. The Morgan fingerprint density at radius 2 is 1.69 bits per heavy atom. The minimum absolute atomic E-state index is 0.388. The quantitative estimate of drug-likeness (QED) is 0.645. The van der Waals surface area contributed by atoms with E-state index in [9.17, 15) is 10.2 Å². The summed E-state index contributed by atoms with van der Waals surface area (Å²) in [7, 11) is 1.62. The fourth-order valence-corrected chi connectivity index (χ4v) is 3.40. The number of aliphatic hydroxyl groups is 2. The summed E-state index contributed by atoms with van der Waals surface area (Å²) in [6.07, 6.45) is -1.10. The van der Waals surface area contributed by atoms with Gasteiger partial charge in [0.15, 0.2) is 0 Å².